The first-order chi connectivity index (χ1) is 7.24. The van der Waals surface area contributed by atoms with Crippen LogP contribution in [0.5, 0.6) is 0 Å². The van der Waals surface area contributed by atoms with Gasteiger partial charge in [-0.05, 0) is 12.1 Å². The maximum absolute atomic E-state index is 5.86. The summed E-state index contributed by atoms with van der Waals surface area (Å²) in [6.07, 6.45) is 5.55. The van der Waals surface area contributed by atoms with Gasteiger partial charge in [0.15, 0.2) is 0 Å². The highest BCUT2D eigenvalue weighted by atomic mass is 35.5. The molecular weight excluding hydrogens is 230 g/mol. The van der Waals surface area contributed by atoms with Crippen LogP contribution in [0.1, 0.15) is 5.69 Å². The molecule has 0 spiro atoms. The molecule has 15 heavy (non-hydrogen) atoms. The highest BCUT2D eigenvalue weighted by molar-refractivity contribution is 7.98. The van der Waals surface area contributed by atoms with Crippen molar-refractivity contribution in [2.75, 3.05) is 0 Å². The van der Waals surface area contributed by atoms with E-state index in [4.69, 9.17) is 11.6 Å². The van der Waals surface area contributed by atoms with Crippen molar-refractivity contribution < 1.29 is 0 Å². The number of halogens is 1. The normalized spacial score (nSPS) is 10.5. The highest BCUT2D eigenvalue weighted by Crippen LogP contribution is 2.21. The second kappa shape index (κ2) is 4.68. The Morgan fingerprint density at radius 3 is 3.07 bits per heavy atom. The molecule has 0 saturated carbocycles. The van der Waals surface area contributed by atoms with Crippen LogP contribution < -0.4 is 0 Å². The van der Waals surface area contributed by atoms with Gasteiger partial charge >= 0.3 is 0 Å². The number of aromatic nitrogens is 3. The van der Waals surface area contributed by atoms with E-state index >= 15 is 0 Å². The second-order valence-electron chi connectivity index (χ2n) is 3.10. The van der Waals surface area contributed by atoms with Gasteiger partial charge in [0.2, 0.25) is 0 Å². The van der Waals surface area contributed by atoms with Crippen molar-refractivity contribution in [3.8, 4) is 0 Å². The Hall–Kier alpha value is -1.00. The summed E-state index contributed by atoms with van der Waals surface area (Å²) >= 11 is 7.56. The fourth-order valence-corrected chi connectivity index (χ4v) is 2.16. The average molecular weight is 240 g/mol. The number of pyridine rings is 1. The Bertz CT molecular complexity index is 455. The fraction of sp³-hybridized carbons (Fsp3) is 0.200. The molecular formula is C10H10ClN3S. The molecule has 0 aliphatic heterocycles. The van der Waals surface area contributed by atoms with Crippen LogP contribution in [0.4, 0.5) is 0 Å². The first-order valence-corrected chi connectivity index (χ1v) is 5.82. The van der Waals surface area contributed by atoms with Crippen LogP contribution in [0.25, 0.3) is 0 Å². The predicted molar refractivity (Wildman–Crippen MR) is 62.0 cm³/mol. The molecule has 0 N–H and O–H groups in total. The molecule has 2 aromatic rings. The molecule has 0 aromatic carbocycles. The van der Waals surface area contributed by atoms with Gasteiger partial charge < -0.3 is 0 Å². The highest BCUT2D eigenvalue weighted by Gasteiger charge is 2.00. The molecule has 0 radical (unpaired) electrons. The van der Waals surface area contributed by atoms with Crippen molar-refractivity contribution >= 4 is 23.4 Å². The van der Waals surface area contributed by atoms with E-state index in [0.29, 0.717) is 0 Å². The molecule has 0 unspecified atom stereocenters. The van der Waals surface area contributed by atoms with Crippen LogP contribution in [-0.4, -0.2) is 14.8 Å². The predicted octanol–water partition coefficient (Wildman–Crippen LogP) is 2.76. The lowest BCUT2D eigenvalue weighted by molar-refractivity contribution is 0.766. The SMILES string of the molecule is Cn1cc(SCc2cc(Cl)ccn2)cn1. The number of aryl methyl sites for hydroxylation is 1. The van der Waals surface area contributed by atoms with Gasteiger partial charge in [-0.25, -0.2) is 0 Å². The minimum Gasteiger partial charge on any atom is -0.275 e. The molecule has 0 amide bonds. The number of rotatable bonds is 3. The zero-order valence-corrected chi connectivity index (χ0v) is 9.79. The maximum atomic E-state index is 5.86. The van der Waals surface area contributed by atoms with Crippen LogP contribution in [-0.2, 0) is 12.8 Å². The zero-order valence-electron chi connectivity index (χ0n) is 8.22. The summed E-state index contributed by atoms with van der Waals surface area (Å²) in [6.45, 7) is 0. The Kier molecular flexibility index (Phi) is 3.28. The average Bonchev–Trinajstić information content (AvgIpc) is 2.62. The minimum atomic E-state index is 0.729. The smallest absolute Gasteiger partial charge is 0.0625 e. The lowest BCUT2D eigenvalue weighted by Crippen LogP contribution is -1.85. The third-order valence-corrected chi connectivity index (χ3v) is 3.07. The van der Waals surface area contributed by atoms with Crippen LogP contribution in [0.3, 0.4) is 0 Å². The summed E-state index contributed by atoms with van der Waals surface area (Å²) in [5.74, 6) is 0.812. The molecule has 0 aliphatic carbocycles. The van der Waals surface area contributed by atoms with Crippen LogP contribution in [0.15, 0.2) is 35.6 Å². The molecule has 2 aromatic heterocycles. The Morgan fingerprint density at radius 2 is 2.40 bits per heavy atom. The molecule has 3 nitrogen and oxygen atoms in total. The van der Waals surface area contributed by atoms with Gasteiger partial charge in [-0.15, -0.1) is 11.8 Å². The van der Waals surface area contributed by atoms with Crippen molar-refractivity contribution in [1.82, 2.24) is 14.8 Å². The Balaban J connectivity index is 1.99. The molecule has 0 fully saturated rings. The lowest BCUT2D eigenvalue weighted by Gasteiger charge is -1.98. The largest absolute Gasteiger partial charge is 0.275 e. The summed E-state index contributed by atoms with van der Waals surface area (Å²) in [7, 11) is 1.90. The molecule has 0 aliphatic rings. The van der Waals surface area contributed by atoms with Crippen molar-refractivity contribution in [3.63, 3.8) is 0 Å². The molecule has 78 valence electrons. The monoisotopic (exact) mass is 239 g/mol. The molecule has 2 heterocycles. The lowest BCUT2D eigenvalue weighted by atomic mass is 10.4. The van der Waals surface area contributed by atoms with Gasteiger partial charge in [0, 0.05) is 35.1 Å². The quantitative estimate of drug-likeness (QED) is 0.772. The second-order valence-corrected chi connectivity index (χ2v) is 4.59. The summed E-state index contributed by atoms with van der Waals surface area (Å²) in [5.41, 5.74) is 0.983. The fourth-order valence-electron chi connectivity index (χ4n) is 1.16. The van der Waals surface area contributed by atoms with Crippen molar-refractivity contribution in [2.24, 2.45) is 7.05 Å². The van der Waals surface area contributed by atoms with Crippen molar-refractivity contribution in [3.05, 3.63) is 41.4 Å². The van der Waals surface area contributed by atoms with Gasteiger partial charge in [0.05, 0.1) is 11.9 Å². The van der Waals surface area contributed by atoms with E-state index in [1.54, 1.807) is 28.7 Å². The third kappa shape index (κ3) is 2.97. The summed E-state index contributed by atoms with van der Waals surface area (Å²) < 4.78 is 1.79. The van der Waals surface area contributed by atoms with E-state index in [1.807, 2.05) is 25.5 Å². The van der Waals surface area contributed by atoms with E-state index in [0.717, 1.165) is 21.4 Å². The van der Waals surface area contributed by atoms with Crippen LogP contribution in [0.2, 0.25) is 5.02 Å². The minimum absolute atomic E-state index is 0.729. The summed E-state index contributed by atoms with van der Waals surface area (Å²) in [4.78, 5) is 5.37. The molecule has 5 heteroatoms. The molecule has 0 bridgehead atoms. The first-order valence-electron chi connectivity index (χ1n) is 4.46. The molecule has 0 atom stereocenters. The van der Waals surface area contributed by atoms with E-state index in [9.17, 15) is 0 Å². The van der Waals surface area contributed by atoms with E-state index in [2.05, 4.69) is 10.1 Å². The van der Waals surface area contributed by atoms with Crippen molar-refractivity contribution in [2.45, 2.75) is 10.6 Å². The third-order valence-electron chi connectivity index (χ3n) is 1.85. The van der Waals surface area contributed by atoms with Gasteiger partial charge in [-0.1, -0.05) is 11.6 Å². The van der Waals surface area contributed by atoms with E-state index in [1.165, 1.54) is 0 Å². The van der Waals surface area contributed by atoms with Crippen molar-refractivity contribution in [1.29, 1.82) is 0 Å². The maximum Gasteiger partial charge on any atom is 0.0625 e. The van der Waals surface area contributed by atoms with Gasteiger partial charge in [0.1, 0.15) is 0 Å². The topological polar surface area (TPSA) is 30.7 Å². The molecule has 2 rings (SSSR count). The number of thioether (sulfide) groups is 1. The summed E-state index contributed by atoms with van der Waals surface area (Å²) in [6, 6.07) is 3.66. The zero-order chi connectivity index (χ0) is 10.7. The van der Waals surface area contributed by atoms with E-state index < -0.39 is 0 Å². The van der Waals surface area contributed by atoms with Crippen LogP contribution >= 0.6 is 23.4 Å². The Morgan fingerprint density at radius 1 is 1.53 bits per heavy atom. The van der Waals surface area contributed by atoms with E-state index in [-0.39, 0.29) is 0 Å². The van der Waals surface area contributed by atoms with Gasteiger partial charge in [0.25, 0.3) is 0 Å². The number of nitrogens with zero attached hydrogens (tertiary/aromatic N) is 3. The van der Waals surface area contributed by atoms with Crippen LogP contribution in [0, 0.1) is 0 Å². The first kappa shape index (κ1) is 10.5. The van der Waals surface area contributed by atoms with Gasteiger partial charge in [-0.3, -0.25) is 9.67 Å². The molecule has 0 saturated heterocycles. The number of hydrogen-bond acceptors (Lipinski definition) is 3. The number of hydrogen-bond donors (Lipinski definition) is 0. The standard InChI is InChI=1S/C10H10ClN3S/c1-14-6-10(5-13-14)15-7-9-4-8(11)2-3-12-9/h2-6H,7H2,1H3. The van der Waals surface area contributed by atoms with Gasteiger partial charge in [-0.2, -0.15) is 5.10 Å². The Labute approximate surface area is 97.5 Å². The summed E-state index contributed by atoms with van der Waals surface area (Å²) in [5, 5.41) is 4.82.